The number of rotatable bonds is 3. The van der Waals surface area contributed by atoms with E-state index in [0.29, 0.717) is 0 Å². The standard InChI is InChI=1S/C11H13BrN4/c1-16-11(7-14-15-16)10(13)6-8-2-4-9(12)5-3-8/h2-5,7,10H,6,13H2,1H3. The van der Waals surface area contributed by atoms with Gasteiger partial charge in [0.1, 0.15) is 0 Å². The van der Waals surface area contributed by atoms with Crippen molar-refractivity contribution in [3.8, 4) is 0 Å². The molecule has 1 aromatic heterocycles. The number of nitrogens with two attached hydrogens (primary N) is 1. The number of hydrogen-bond acceptors (Lipinski definition) is 3. The summed E-state index contributed by atoms with van der Waals surface area (Å²) in [6, 6.07) is 8.09. The fraction of sp³-hybridized carbons (Fsp3) is 0.273. The van der Waals surface area contributed by atoms with E-state index < -0.39 is 0 Å². The van der Waals surface area contributed by atoms with Gasteiger partial charge in [0.2, 0.25) is 0 Å². The summed E-state index contributed by atoms with van der Waals surface area (Å²) >= 11 is 3.41. The molecule has 84 valence electrons. The topological polar surface area (TPSA) is 56.7 Å². The van der Waals surface area contributed by atoms with Gasteiger partial charge in [-0.2, -0.15) is 0 Å². The minimum atomic E-state index is -0.0684. The van der Waals surface area contributed by atoms with E-state index in [1.54, 1.807) is 10.9 Å². The number of aromatic nitrogens is 3. The molecule has 5 heteroatoms. The van der Waals surface area contributed by atoms with Gasteiger partial charge in [-0.3, -0.25) is 4.68 Å². The summed E-state index contributed by atoms with van der Waals surface area (Å²) in [4.78, 5) is 0. The normalized spacial score (nSPS) is 12.7. The van der Waals surface area contributed by atoms with Crippen molar-refractivity contribution in [2.45, 2.75) is 12.5 Å². The number of benzene rings is 1. The van der Waals surface area contributed by atoms with Crippen LogP contribution in [0.15, 0.2) is 34.9 Å². The van der Waals surface area contributed by atoms with Gasteiger partial charge in [0, 0.05) is 11.5 Å². The zero-order valence-corrected chi connectivity index (χ0v) is 10.6. The molecule has 2 N–H and O–H groups in total. The van der Waals surface area contributed by atoms with Crippen LogP contribution >= 0.6 is 15.9 Å². The smallest absolute Gasteiger partial charge is 0.0754 e. The summed E-state index contributed by atoms with van der Waals surface area (Å²) in [6.07, 6.45) is 2.50. The largest absolute Gasteiger partial charge is 0.322 e. The zero-order valence-electron chi connectivity index (χ0n) is 8.97. The van der Waals surface area contributed by atoms with Crippen molar-refractivity contribution in [1.29, 1.82) is 0 Å². The molecular weight excluding hydrogens is 268 g/mol. The molecule has 4 nitrogen and oxygen atoms in total. The SMILES string of the molecule is Cn1nncc1C(N)Cc1ccc(Br)cc1. The Morgan fingerprint density at radius 1 is 1.38 bits per heavy atom. The van der Waals surface area contributed by atoms with Crippen molar-refractivity contribution in [2.24, 2.45) is 12.8 Å². The monoisotopic (exact) mass is 280 g/mol. The Morgan fingerprint density at radius 2 is 2.06 bits per heavy atom. The Bertz CT molecular complexity index is 463. The number of hydrogen-bond donors (Lipinski definition) is 1. The van der Waals surface area contributed by atoms with Gasteiger partial charge in [0.25, 0.3) is 0 Å². The van der Waals surface area contributed by atoms with Crippen LogP contribution in [0.1, 0.15) is 17.3 Å². The van der Waals surface area contributed by atoms with Gasteiger partial charge >= 0.3 is 0 Å². The van der Waals surface area contributed by atoms with E-state index >= 15 is 0 Å². The van der Waals surface area contributed by atoms with Crippen molar-refractivity contribution in [3.63, 3.8) is 0 Å². The first-order valence-electron chi connectivity index (χ1n) is 5.01. The van der Waals surface area contributed by atoms with Crippen LogP contribution < -0.4 is 5.73 Å². The molecule has 0 saturated carbocycles. The molecule has 2 rings (SSSR count). The van der Waals surface area contributed by atoms with Crippen LogP contribution in [0.4, 0.5) is 0 Å². The van der Waals surface area contributed by atoms with Crippen LogP contribution in [-0.4, -0.2) is 15.0 Å². The van der Waals surface area contributed by atoms with Crippen molar-refractivity contribution in [3.05, 3.63) is 46.2 Å². The molecule has 0 aliphatic heterocycles. The van der Waals surface area contributed by atoms with Gasteiger partial charge in [-0.05, 0) is 24.1 Å². The van der Waals surface area contributed by atoms with Gasteiger partial charge in [0.15, 0.2) is 0 Å². The molecule has 0 spiro atoms. The predicted octanol–water partition coefficient (Wildman–Crippen LogP) is 1.82. The average Bonchev–Trinajstić information content (AvgIpc) is 2.68. The molecule has 0 saturated heterocycles. The third-order valence-corrected chi connectivity index (χ3v) is 3.03. The summed E-state index contributed by atoms with van der Waals surface area (Å²) in [5, 5.41) is 7.70. The third-order valence-electron chi connectivity index (χ3n) is 2.50. The Hall–Kier alpha value is -1.20. The second kappa shape index (κ2) is 4.76. The molecule has 16 heavy (non-hydrogen) atoms. The molecule has 0 amide bonds. The second-order valence-corrected chi connectivity index (χ2v) is 4.64. The van der Waals surface area contributed by atoms with Gasteiger partial charge in [-0.15, -0.1) is 5.10 Å². The maximum Gasteiger partial charge on any atom is 0.0754 e. The van der Waals surface area contributed by atoms with E-state index in [-0.39, 0.29) is 6.04 Å². The summed E-state index contributed by atoms with van der Waals surface area (Å²) < 4.78 is 2.79. The number of nitrogens with zero attached hydrogens (tertiary/aromatic N) is 3. The lowest BCUT2D eigenvalue weighted by Crippen LogP contribution is -2.17. The van der Waals surface area contributed by atoms with E-state index in [0.717, 1.165) is 16.6 Å². The molecule has 1 aromatic carbocycles. The maximum absolute atomic E-state index is 6.10. The van der Waals surface area contributed by atoms with Crippen molar-refractivity contribution in [1.82, 2.24) is 15.0 Å². The Kier molecular flexibility index (Phi) is 3.36. The van der Waals surface area contributed by atoms with Gasteiger partial charge in [0.05, 0.1) is 17.9 Å². The quantitative estimate of drug-likeness (QED) is 0.933. The lowest BCUT2D eigenvalue weighted by atomic mass is 10.0. The highest BCUT2D eigenvalue weighted by Gasteiger charge is 2.11. The van der Waals surface area contributed by atoms with Gasteiger partial charge in [-0.25, -0.2) is 0 Å². The second-order valence-electron chi connectivity index (χ2n) is 3.72. The van der Waals surface area contributed by atoms with E-state index in [9.17, 15) is 0 Å². The lowest BCUT2D eigenvalue weighted by molar-refractivity contribution is 0.607. The van der Waals surface area contributed by atoms with Crippen molar-refractivity contribution in [2.75, 3.05) is 0 Å². The lowest BCUT2D eigenvalue weighted by Gasteiger charge is -2.11. The van der Waals surface area contributed by atoms with Gasteiger partial charge < -0.3 is 5.73 Å². The van der Waals surface area contributed by atoms with Crippen molar-refractivity contribution < 1.29 is 0 Å². The molecule has 0 aliphatic rings. The van der Waals surface area contributed by atoms with Crippen LogP contribution in [-0.2, 0) is 13.5 Å². The molecule has 2 aromatic rings. The van der Waals surface area contributed by atoms with Gasteiger partial charge in [-0.1, -0.05) is 33.3 Å². The van der Waals surface area contributed by atoms with E-state index in [4.69, 9.17) is 5.73 Å². The highest BCUT2D eigenvalue weighted by molar-refractivity contribution is 9.10. The van der Waals surface area contributed by atoms with Crippen LogP contribution in [0.2, 0.25) is 0 Å². The molecule has 0 aliphatic carbocycles. The minimum absolute atomic E-state index is 0.0684. The zero-order chi connectivity index (χ0) is 11.5. The number of halogens is 1. The maximum atomic E-state index is 6.10. The van der Waals surface area contributed by atoms with Crippen LogP contribution in [0.3, 0.4) is 0 Å². The van der Waals surface area contributed by atoms with Crippen LogP contribution in [0.5, 0.6) is 0 Å². The Labute approximate surface area is 103 Å². The molecule has 0 radical (unpaired) electrons. The summed E-state index contributed by atoms with van der Waals surface area (Å²) in [6.45, 7) is 0. The van der Waals surface area contributed by atoms with Crippen molar-refractivity contribution >= 4 is 15.9 Å². The molecule has 1 unspecified atom stereocenters. The first-order valence-corrected chi connectivity index (χ1v) is 5.80. The predicted molar refractivity (Wildman–Crippen MR) is 65.8 cm³/mol. The van der Waals surface area contributed by atoms with E-state index in [1.807, 2.05) is 19.2 Å². The van der Waals surface area contributed by atoms with E-state index in [2.05, 4.69) is 38.4 Å². The molecular formula is C11H13BrN4. The summed E-state index contributed by atoms with van der Waals surface area (Å²) in [7, 11) is 1.85. The van der Waals surface area contributed by atoms with E-state index in [1.165, 1.54) is 5.56 Å². The Morgan fingerprint density at radius 3 is 2.62 bits per heavy atom. The average molecular weight is 281 g/mol. The minimum Gasteiger partial charge on any atom is -0.322 e. The molecule has 0 fully saturated rings. The molecule has 1 atom stereocenters. The Balaban J connectivity index is 2.10. The highest BCUT2D eigenvalue weighted by atomic mass is 79.9. The summed E-state index contributed by atoms with van der Waals surface area (Å²) in [5.74, 6) is 0. The molecule has 0 bridgehead atoms. The first-order chi connectivity index (χ1) is 7.66. The fourth-order valence-electron chi connectivity index (χ4n) is 1.61. The number of aryl methyl sites for hydroxylation is 1. The third kappa shape index (κ3) is 2.48. The fourth-order valence-corrected chi connectivity index (χ4v) is 1.88. The first kappa shape index (κ1) is 11.3. The highest BCUT2D eigenvalue weighted by Crippen LogP contribution is 2.16. The summed E-state index contributed by atoms with van der Waals surface area (Å²) in [5.41, 5.74) is 8.25. The van der Waals surface area contributed by atoms with Crippen LogP contribution in [0, 0.1) is 0 Å². The molecule has 1 heterocycles. The van der Waals surface area contributed by atoms with Crippen LogP contribution in [0.25, 0.3) is 0 Å².